The van der Waals surface area contributed by atoms with E-state index in [4.69, 9.17) is 4.84 Å². The van der Waals surface area contributed by atoms with Gasteiger partial charge in [-0.25, -0.2) is 0 Å². The van der Waals surface area contributed by atoms with Gasteiger partial charge in [-0.2, -0.15) is 5.48 Å². The fraction of sp³-hybridized carbons (Fsp3) is 1.00. The highest BCUT2D eigenvalue weighted by atomic mass is 16.7. The summed E-state index contributed by atoms with van der Waals surface area (Å²) in [4.78, 5) is 5.51. The molecule has 0 saturated heterocycles. The van der Waals surface area contributed by atoms with E-state index in [0.717, 1.165) is 0 Å². The largest absolute Gasteiger partial charge is 0.296 e. The first-order valence-electron chi connectivity index (χ1n) is 4.77. The van der Waals surface area contributed by atoms with Crippen LogP contribution in [0.2, 0.25) is 0 Å². The van der Waals surface area contributed by atoms with Gasteiger partial charge in [-0.15, -0.1) is 0 Å². The maximum Gasteiger partial charge on any atom is 0.0813 e. The Bertz CT molecular complexity index is 156. The Morgan fingerprint density at radius 1 is 1.33 bits per heavy atom. The monoisotopic (exact) mass is 171 g/mol. The van der Waals surface area contributed by atoms with Crippen LogP contribution in [0, 0.1) is 5.41 Å². The first-order valence-corrected chi connectivity index (χ1v) is 4.77. The van der Waals surface area contributed by atoms with Crippen LogP contribution in [0.5, 0.6) is 0 Å². The average Bonchev–Trinajstić information content (AvgIpc) is 2.62. The van der Waals surface area contributed by atoms with Crippen LogP contribution in [-0.2, 0) is 4.84 Å². The van der Waals surface area contributed by atoms with Gasteiger partial charge in [-0.05, 0) is 46.0 Å². The Hall–Kier alpha value is -0.0800. The minimum atomic E-state index is -0.0838. The molecule has 0 aromatic heterocycles. The fourth-order valence-corrected chi connectivity index (χ4v) is 1.04. The molecule has 1 rings (SSSR count). The lowest BCUT2D eigenvalue weighted by Gasteiger charge is -2.26. The van der Waals surface area contributed by atoms with Gasteiger partial charge in [0.2, 0.25) is 0 Å². The zero-order valence-corrected chi connectivity index (χ0v) is 8.90. The standard InChI is InChI=1S/C10H21NO/c1-8(10(5)6-7-10)11-12-9(2,3)4/h8,11H,6-7H2,1-5H3. The van der Waals surface area contributed by atoms with E-state index in [1.165, 1.54) is 12.8 Å². The third kappa shape index (κ3) is 2.76. The molecule has 0 aromatic carbocycles. The molecule has 0 heterocycles. The normalized spacial score (nSPS) is 23.8. The first-order chi connectivity index (χ1) is 5.33. The molecule has 0 amide bonds. The van der Waals surface area contributed by atoms with E-state index in [1.54, 1.807) is 0 Å². The van der Waals surface area contributed by atoms with E-state index < -0.39 is 0 Å². The Morgan fingerprint density at radius 2 is 1.83 bits per heavy atom. The Labute approximate surface area is 75.6 Å². The van der Waals surface area contributed by atoms with Gasteiger partial charge in [0.1, 0.15) is 0 Å². The van der Waals surface area contributed by atoms with Crippen LogP contribution in [0.3, 0.4) is 0 Å². The van der Waals surface area contributed by atoms with Crippen molar-refractivity contribution in [2.45, 2.75) is 59.1 Å². The molecular weight excluding hydrogens is 150 g/mol. The predicted molar refractivity (Wildman–Crippen MR) is 50.8 cm³/mol. The molecular formula is C10H21NO. The minimum Gasteiger partial charge on any atom is -0.296 e. The van der Waals surface area contributed by atoms with Crippen LogP contribution in [0.4, 0.5) is 0 Å². The topological polar surface area (TPSA) is 21.3 Å². The van der Waals surface area contributed by atoms with Crippen molar-refractivity contribution in [3.63, 3.8) is 0 Å². The lowest BCUT2D eigenvalue weighted by Crippen LogP contribution is -2.39. The van der Waals surface area contributed by atoms with E-state index in [9.17, 15) is 0 Å². The smallest absolute Gasteiger partial charge is 0.0813 e. The third-order valence-corrected chi connectivity index (χ3v) is 2.63. The van der Waals surface area contributed by atoms with E-state index in [1.807, 2.05) is 0 Å². The van der Waals surface area contributed by atoms with Crippen molar-refractivity contribution in [1.29, 1.82) is 0 Å². The molecule has 12 heavy (non-hydrogen) atoms. The molecule has 0 radical (unpaired) electrons. The van der Waals surface area contributed by atoms with Crippen LogP contribution in [0.15, 0.2) is 0 Å². The van der Waals surface area contributed by atoms with Crippen molar-refractivity contribution < 1.29 is 4.84 Å². The van der Waals surface area contributed by atoms with Crippen molar-refractivity contribution in [2.75, 3.05) is 0 Å². The van der Waals surface area contributed by atoms with Crippen LogP contribution in [-0.4, -0.2) is 11.6 Å². The van der Waals surface area contributed by atoms with Crippen molar-refractivity contribution >= 4 is 0 Å². The molecule has 1 unspecified atom stereocenters. The first kappa shape index (κ1) is 10.0. The summed E-state index contributed by atoms with van der Waals surface area (Å²) in [6, 6.07) is 0.469. The van der Waals surface area contributed by atoms with Gasteiger partial charge in [0.15, 0.2) is 0 Å². The number of rotatable bonds is 3. The molecule has 0 aromatic rings. The molecule has 0 bridgehead atoms. The highest BCUT2D eigenvalue weighted by Crippen LogP contribution is 2.47. The van der Waals surface area contributed by atoms with Crippen molar-refractivity contribution in [3.05, 3.63) is 0 Å². The summed E-state index contributed by atoms with van der Waals surface area (Å²) in [5.74, 6) is 0. The Morgan fingerprint density at radius 3 is 2.17 bits per heavy atom. The highest BCUT2D eigenvalue weighted by Gasteiger charge is 2.42. The lowest BCUT2D eigenvalue weighted by atomic mass is 10.0. The summed E-state index contributed by atoms with van der Waals surface area (Å²) in [5.41, 5.74) is 3.53. The molecule has 1 saturated carbocycles. The fourth-order valence-electron chi connectivity index (χ4n) is 1.04. The third-order valence-electron chi connectivity index (χ3n) is 2.63. The lowest BCUT2D eigenvalue weighted by molar-refractivity contribution is -0.0944. The van der Waals surface area contributed by atoms with Crippen LogP contribution in [0.1, 0.15) is 47.5 Å². The summed E-state index contributed by atoms with van der Waals surface area (Å²) in [6.45, 7) is 10.7. The molecule has 1 N–H and O–H groups in total. The summed E-state index contributed by atoms with van der Waals surface area (Å²) >= 11 is 0. The van der Waals surface area contributed by atoms with Gasteiger partial charge in [0, 0.05) is 6.04 Å². The van der Waals surface area contributed by atoms with Crippen molar-refractivity contribution in [1.82, 2.24) is 5.48 Å². The number of nitrogens with one attached hydrogen (secondary N) is 1. The molecule has 1 aliphatic carbocycles. The molecule has 0 aliphatic heterocycles. The zero-order valence-electron chi connectivity index (χ0n) is 8.90. The Kier molecular flexibility index (Phi) is 2.50. The van der Waals surface area contributed by atoms with Gasteiger partial charge in [0.05, 0.1) is 5.60 Å². The molecule has 0 spiro atoms. The SMILES string of the molecule is CC(NOC(C)(C)C)C1(C)CC1. The van der Waals surface area contributed by atoms with Gasteiger partial charge in [0.25, 0.3) is 0 Å². The van der Waals surface area contributed by atoms with Crippen LogP contribution < -0.4 is 5.48 Å². The highest BCUT2D eigenvalue weighted by molar-refractivity contribution is 4.95. The van der Waals surface area contributed by atoms with Gasteiger partial charge >= 0.3 is 0 Å². The average molecular weight is 171 g/mol. The van der Waals surface area contributed by atoms with E-state index >= 15 is 0 Å². The molecule has 72 valence electrons. The molecule has 1 aliphatic rings. The number of hydroxylamine groups is 1. The maximum absolute atomic E-state index is 5.51. The minimum absolute atomic E-state index is 0.0838. The Balaban J connectivity index is 2.23. The van der Waals surface area contributed by atoms with Crippen LogP contribution >= 0.6 is 0 Å². The summed E-state index contributed by atoms with van der Waals surface area (Å²) < 4.78 is 0. The van der Waals surface area contributed by atoms with Gasteiger partial charge < -0.3 is 0 Å². The maximum atomic E-state index is 5.51. The quantitative estimate of drug-likeness (QED) is 0.659. The molecule has 1 fully saturated rings. The summed E-state index contributed by atoms with van der Waals surface area (Å²) in [6.07, 6.45) is 2.66. The second-order valence-corrected chi connectivity index (χ2v) is 5.21. The molecule has 2 nitrogen and oxygen atoms in total. The predicted octanol–water partition coefficient (Wildman–Crippen LogP) is 2.49. The second-order valence-electron chi connectivity index (χ2n) is 5.21. The second kappa shape index (κ2) is 3.00. The van der Waals surface area contributed by atoms with Crippen LogP contribution in [0.25, 0.3) is 0 Å². The van der Waals surface area contributed by atoms with Crippen molar-refractivity contribution in [3.8, 4) is 0 Å². The number of hydrogen-bond donors (Lipinski definition) is 1. The van der Waals surface area contributed by atoms with Gasteiger partial charge in [-0.3, -0.25) is 4.84 Å². The summed E-state index contributed by atoms with van der Waals surface area (Å²) in [5, 5.41) is 0. The molecule has 1 atom stereocenters. The number of hydrogen-bond acceptors (Lipinski definition) is 2. The van der Waals surface area contributed by atoms with E-state index in [-0.39, 0.29) is 5.60 Å². The van der Waals surface area contributed by atoms with E-state index in [2.05, 4.69) is 40.1 Å². The van der Waals surface area contributed by atoms with Crippen molar-refractivity contribution in [2.24, 2.45) is 5.41 Å². The summed E-state index contributed by atoms with van der Waals surface area (Å²) in [7, 11) is 0. The molecule has 2 heteroatoms. The van der Waals surface area contributed by atoms with Gasteiger partial charge in [-0.1, -0.05) is 6.92 Å². The van der Waals surface area contributed by atoms with E-state index in [0.29, 0.717) is 11.5 Å². The zero-order chi connectivity index (χ0) is 9.41.